The lowest BCUT2D eigenvalue weighted by atomic mass is 9.97. The third-order valence-corrected chi connectivity index (χ3v) is 3.52. The van der Waals surface area contributed by atoms with Crippen molar-refractivity contribution in [3.8, 4) is 5.75 Å². The molecule has 3 nitrogen and oxygen atoms in total. The molecule has 3 heteroatoms. The summed E-state index contributed by atoms with van der Waals surface area (Å²) >= 11 is 0. The summed E-state index contributed by atoms with van der Waals surface area (Å²) < 4.78 is 5.64. The van der Waals surface area contributed by atoms with Crippen LogP contribution in [0.4, 0.5) is 0 Å². The first kappa shape index (κ1) is 9.70. The number of hydrogen-bond donors (Lipinski definition) is 1. The summed E-state index contributed by atoms with van der Waals surface area (Å²) in [6.45, 7) is 0. The Kier molecular flexibility index (Phi) is 2.13. The van der Waals surface area contributed by atoms with E-state index in [4.69, 9.17) is 9.84 Å². The third kappa shape index (κ3) is 1.39. The monoisotopic (exact) mass is 218 g/mol. The van der Waals surface area contributed by atoms with Crippen LogP contribution in [0.25, 0.3) is 0 Å². The maximum atomic E-state index is 10.9. The van der Waals surface area contributed by atoms with E-state index in [1.165, 1.54) is 16.7 Å². The Morgan fingerprint density at radius 3 is 2.88 bits per heavy atom. The molecule has 1 atom stereocenters. The third-order valence-electron chi connectivity index (χ3n) is 3.52. The molecule has 0 amide bonds. The SMILES string of the molecule is O=C(O)C1CCc2ccc3c(c2O1)CCC3. The zero-order valence-corrected chi connectivity index (χ0v) is 9.03. The lowest BCUT2D eigenvalue weighted by Gasteiger charge is -2.25. The van der Waals surface area contributed by atoms with Gasteiger partial charge in [-0.3, -0.25) is 0 Å². The number of fused-ring (bicyclic) bond motifs is 3. The van der Waals surface area contributed by atoms with Gasteiger partial charge in [0.25, 0.3) is 0 Å². The minimum atomic E-state index is -0.846. The van der Waals surface area contributed by atoms with Crippen LogP contribution in [0.15, 0.2) is 12.1 Å². The minimum Gasteiger partial charge on any atom is -0.479 e. The maximum Gasteiger partial charge on any atom is 0.344 e. The molecule has 0 saturated carbocycles. The van der Waals surface area contributed by atoms with E-state index in [-0.39, 0.29) is 0 Å². The van der Waals surface area contributed by atoms with Gasteiger partial charge in [-0.1, -0.05) is 12.1 Å². The number of benzene rings is 1. The zero-order chi connectivity index (χ0) is 11.1. The Bertz CT molecular complexity index is 451. The predicted molar refractivity (Wildman–Crippen MR) is 58.8 cm³/mol. The highest BCUT2D eigenvalue weighted by atomic mass is 16.5. The Hall–Kier alpha value is -1.51. The standard InChI is InChI=1S/C13H14O3/c14-13(15)11-7-6-9-5-4-8-2-1-3-10(8)12(9)16-11/h4-5,11H,1-3,6-7H2,(H,14,15). The molecule has 16 heavy (non-hydrogen) atoms. The second-order valence-corrected chi connectivity index (χ2v) is 4.53. The van der Waals surface area contributed by atoms with Gasteiger partial charge in [-0.25, -0.2) is 4.79 Å². The number of aryl methyl sites for hydroxylation is 2. The highest BCUT2D eigenvalue weighted by Gasteiger charge is 2.29. The summed E-state index contributed by atoms with van der Waals surface area (Å²) in [7, 11) is 0. The number of carboxylic acids is 1. The Morgan fingerprint density at radius 2 is 2.06 bits per heavy atom. The summed E-state index contributed by atoms with van der Waals surface area (Å²) in [5, 5.41) is 8.99. The summed E-state index contributed by atoms with van der Waals surface area (Å²) in [6.07, 6.45) is 4.04. The van der Waals surface area contributed by atoms with Crippen LogP contribution >= 0.6 is 0 Å². The smallest absolute Gasteiger partial charge is 0.344 e. The van der Waals surface area contributed by atoms with Crippen molar-refractivity contribution in [2.24, 2.45) is 0 Å². The number of rotatable bonds is 1. The molecule has 1 aliphatic carbocycles. The first-order valence-corrected chi connectivity index (χ1v) is 5.79. The van der Waals surface area contributed by atoms with Crippen molar-refractivity contribution in [1.82, 2.24) is 0 Å². The van der Waals surface area contributed by atoms with Crippen LogP contribution in [-0.2, 0) is 24.1 Å². The van der Waals surface area contributed by atoms with E-state index in [1.54, 1.807) is 0 Å². The van der Waals surface area contributed by atoms with Crippen LogP contribution in [0.3, 0.4) is 0 Å². The van der Waals surface area contributed by atoms with Gasteiger partial charge < -0.3 is 9.84 Å². The van der Waals surface area contributed by atoms with Gasteiger partial charge >= 0.3 is 5.97 Å². The van der Waals surface area contributed by atoms with E-state index in [0.717, 1.165) is 31.4 Å². The minimum absolute atomic E-state index is 0.584. The molecule has 1 aliphatic heterocycles. The molecule has 84 valence electrons. The Labute approximate surface area is 94.0 Å². The van der Waals surface area contributed by atoms with Crippen molar-refractivity contribution in [3.05, 3.63) is 28.8 Å². The summed E-state index contributed by atoms with van der Waals surface area (Å²) in [5.41, 5.74) is 3.77. The molecule has 0 radical (unpaired) electrons. The molecule has 1 aromatic rings. The van der Waals surface area contributed by atoms with Gasteiger partial charge in [0.15, 0.2) is 6.10 Å². The molecule has 3 rings (SSSR count). The first-order chi connectivity index (χ1) is 7.75. The highest BCUT2D eigenvalue weighted by molar-refractivity contribution is 5.73. The van der Waals surface area contributed by atoms with Gasteiger partial charge in [0, 0.05) is 0 Å². The van der Waals surface area contributed by atoms with Crippen molar-refractivity contribution in [2.45, 2.75) is 38.2 Å². The maximum absolute atomic E-state index is 10.9. The normalized spacial score (nSPS) is 22.1. The molecule has 0 saturated heterocycles. The van der Waals surface area contributed by atoms with Crippen molar-refractivity contribution >= 4 is 5.97 Å². The molecule has 2 aliphatic rings. The van der Waals surface area contributed by atoms with E-state index in [1.807, 2.05) is 0 Å². The van der Waals surface area contributed by atoms with Gasteiger partial charge in [0.2, 0.25) is 0 Å². The molecular formula is C13H14O3. The molecule has 1 aromatic carbocycles. The van der Waals surface area contributed by atoms with E-state index >= 15 is 0 Å². The average Bonchev–Trinajstić information content (AvgIpc) is 2.76. The van der Waals surface area contributed by atoms with E-state index in [2.05, 4.69) is 12.1 Å². The van der Waals surface area contributed by atoms with Crippen molar-refractivity contribution < 1.29 is 14.6 Å². The number of ether oxygens (including phenoxy) is 1. The van der Waals surface area contributed by atoms with Gasteiger partial charge in [-0.05, 0) is 48.8 Å². The molecule has 0 fully saturated rings. The van der Waals surface area contributed by atoms with E-state index in [0.29, 0.717) is 6.42 Å². The molecule has 1 N–H and O–H groups in total. The van der Waals surface area contributed by atoms with Crippen LogP contribution in [0, 0.1) is 0 Å². The van der Waals surface area contributed by atoms with Crippen molar-refractivity contribution in [3.63, 3.8) is 0 Å². The molecule has 1 heterocycles. The van der Waals surface area contributed by atoms with Gasteiger partial charge in [-0.15, -0.1) is 0 Å². The largest absolute Gasteiger partial charge is 0.479 e. The van der Waals surface area contributed by atoms with Gasteiger partial charge in [0.1, 0.15) is 5.75 Å². The van der Waals surface area contributed by atoms with Crippen LogP contribution in [0.5, 0.6) is 5.75 Å². The lowest BCUT2D eigenvalue weighted by molar-refractivity contribution is -0.145. The number of hydrogen-bond acceptors (Lipinski definition) is 2. The topological polar surface area (TPSA) is 46.5 Å². The first-order valence-electron chi connectivity index (χ1n) is 5.79. The quantitative estimate of drug-likeness (QED) is 0.783. The average molecular weight is 218 g/mol. The summed E-state index contributed by atoms with van der Waals surface area (Å²) in [4.78, 5) is 10.9. The fourth-order valence-electron chi connectivity index (χ4n) is 2.69. The fraction of sp³-hybridized carbons (Fsp3) is 0.462. The van der Waals surface area contributed by atoms with E-state index in [9.17, 15) is 4.79 Å². The number of carbonyl (C=O) groups is 1. The second kappa shape index (κ2) is 3.51. The molecular weight excluding hydrogens is 204 g/mol. The molecule has 0 bridgehead atoms. The molecule has 1 unspecified atom stereocenters. The lowest BCUT2D eigenvalue weighted by Crippen LogP contribution is -2.31. The highest BCUT2D eigenvalue weighted by Crippen LogP contribution is 2.37. The fourth-order valence-corrected chi connectivity index (χ4v) is 2.69. The van der Waals surface area contributed by atoms with Gasteiger partial charge in [-0.2, -0.15) is 0 Å². The Morgan fingerprint density at radius 1 is 1.25 bits per heavy atom. The summed E-state index contributed by atoms with van der Waals surface area (Å²) in [5.74, 6) is 0.0231. The van der Waals surface area contributed by atoms with Gasteiger partial charge in [0.05, 0.1) is 0 Å². The van der Waals surface area contributed by atoms with E-state index < -0.39 is 12.1 Å². The van der Waals surface area contributed by atoms with Crippen LogP contribution in [0.2, 0.25) is 0 Å². The second-order valence-electron chi connectivity index (χ2n) is 4.53. The van der Waals surface area contributed by atoms with Crippen molar-refractivity contribution in [1.29, 1.82) is 0 Å². The van der Waals surface area contributed by atoms with Crippen LogP contribution in [0.1, 0.15) is 29.5 Å². The summed E-state index contributed by atoms with van der Waals surface area (Å²) in [6, 6.07) is 4.27. The molecule has 0 spiro atoms. The number of carboxylic acid groups (broad SMARTS) is 1. The molecule has 0 aromatic heterocycles. The van der Waals surface area contributed by atoms with Crippen molar-refractivity contribution in [2.75, 3.05) is 0 Å². The zero-order valence-electron chi connectivity index (χ0n) is 9.03. The predicted octanol–water partition coefficient (Wildman–Crippen LogP) is 1.95. The van der Waals surface area contributed by atoms with Crippen LogP contribution < -0.4 is 4.74 Å². The Balaban J connectivity index is 2.02. The number of aliphatic carboxylic acids is 1. The van der Waals surface area contributed by atoms with Crippen LogP contribution in [-0.4, -0.2) is 17.2 Å².